The van der Waals surface area contributed by atoms with Crippen molar-refractivity contribution >= 4 is 33.8 Å². The third kappa shape index (κ3) is 5.58. The lowest BCUT2D eigenvalue weighted by molar-refractivity contribution is -0.134. The van der Waals surface area contributed by atoms with Crippen LogP contribution in [0.15, 0.2) is 52.9 Å². The first-order valence-corrected chi connectivity index (χ1v) is 8.82. The molecule has 0 heterocycles. The molecule has 25 heavy (non-hydrogen) atoms. The van der Waals surface area contributed by atoms with E-state index in [1.54, 1.807) is 43.3 Å². The first-order valence-electron chi connectivity index (χ1n) is 7.41. The third-order valence-corrected chi connectivity index (χ3v) is 4.49. The zero-order valence-electron chi connectivity index (χ0n) is 13.4. The predicted molar refractivity (Wildman–Crippen MR) is 96.4 cm³/mol. The molecule has 0 aliphatic carbocycles. The van der Waals surface area contributed by atoms with Crippen molar-refractivity contribution in [2.45, 2.75) is 18.9 Å². The molecule has 132 valence electrons. The number of aliphatic carboxylic acids is 1. The van der Waals surface area contributed by atoms with E-state index in [1.165, 1.54) is 0 Å². The highest BCUT2D eigenvalue weighted by molar-refractivity contribution is 7.61. The third-order valence-electron chi connectivity index (χ3n) is 3.69. The van der Waals surface area contributed by atoms with Crippen LogP contribution in [0.5, 0.6) is 0 Å². The van der Waals surface area contributed by atoms with E-state index < -0.39 is 22.0 Å². The molecule has 0 fully saturated rings. The second kappa shape index (κ2) is 8.13. The minimum Gasteiger partial charge on any atom is -0.480 e. The van der Waals surface area contributed by atoms with Gasteiger partial charge in [-0.1, -0.05) is 35.9 Å². The maximum Gasteiger partial charge on any atom is 0.322 e. The number of carboxylic acid groups (broad SMARTS) is 1. The Morgan fingerprint density at radius 3 is 2.28 bits per heavy atom. The maximum absolute atomic E-state index is 11.2. The van der Waals surface area contributed by atoms with Gasteiger partial charge in [0.05, 0.1) is 0 Å². The van der Waals surface area contributed by atoms with Gasteiger partial charge in [0.1, 0.15) is 12.1 Å². The molecule has 1 atom stereocenters. The summed E-state index contributed by atoms with van der Waals surface area (Å²) in [7, 11) is -2.57. The lowest BCUT2D eigenvalue weighted by atomic mass is 9.86. The summed E-state index contributed by atoms with van der Waals surface area (Å²) in [5.74, 6) is -0.964. The van der Waals surface area contributed by atoms with Gasteiger partial charge in [0, 0.05) is 17.1 Å². The molecule has 0 radical (unpaired) electrons. The van der Waals surface area contributed by atoms with E-state index in [0.717, 1.165) is 5.56 Å². The van der Waals surface area contributed by atoms with Crippen molar-refractivity contribution in [3.8, 4) is 0 Å². The van der Waals surface area contributed by atoms with Crippen LogP contribution in [0.4, 0.5) is 5.69 Å². The lowest BCUT2D eigenvalue weighted by Gasteiger charge is -2.24. The summed E-state index contributed by atoms with van der Waals surface area (Å²) < 4.78 is 26.3. The molecule has 2 aromatic carbocycles. The van der Waals surface area contributed by atoms with Gasteiger partial charge in [0.2, 0.25) is 0 Å². The van der Waals surface area contributed by atoms with Crippen LogP contribution in [0.1, 0.15) is 18.1 Å². The Morgan fingerprint density at radius 2 is 1.76 bits per heavy atom. The van der Waals surface area contributed by atoms with Crippen LogP contribution >= 0.6 is 11.6 Å². The van der Waals surface area contributed by atoms with E-state index in [2.05, 4.69) is 9.68 Å². The summed E-state index contributed by atoms with van der Waals surface area (Å²) >= 11 is 5.88. The van der Waals surface area contributed by atoms with Gasteiger partial charge in [-0.05, 0) is 42.3 Å². The van der Waals surface area contributed by atoms with Crippen molar-refractivity contribution in [2.24, 2.45) is 4.36 Å². The number of nitrogens with one attached hydrogen (secondary N) is 1. The summed E-state index contributed by atoms with van der Waals surface area (Å²) in [5.41, 5.74) is 1.25. The minimum atomic E-state index is -2.57. The van der Waals surface area contributed by atoms with E-state index in [-0.39, 0.29) is 6.54 Å². The molecule has 2 aromatic rings. The number of benzene rings is 2. The van der Waals surface area contributed by atoms with Crippen molar-refractivity contribution in [3.05, 3.63) is 64.7 Å². The fourth-order valence-electron chi connectivity index (χ4n) is 2.48. The Balaban J connectivity index is 2.31. The van der Waals surface area contributed by atoms with Crippen LogP contribution in [0.2, 0.25) is 5.02 Å². The average Bonchev–Trinajstić information content (AvgIpc) is 2.55. The molecule has 2 rings (SSSR count). The Bertz CT molecular complexity index is 872. The summed E-state index contributed by atoms with van der Waals surface area (Å²) in [4.78, 5) is 10.6. The first-order chi connectivity index (χ1) is 11.8. The molecule has 8 heteroatoms. The van der Waals surface area contributed by atoms with Crippen molar-refractivity contribution < 1.29 is 18.3 Å². The molecular weight excluding hydrogens is 364 g/mol. The number of carbonyl (C=O) groups is 1. The summed E-state index contributed by atoms with van der Waals surface area (Å²) in [6.07, 6.45) is 0.375. The number of halogens is 1. The van der Waals surface area contributed by atoms with E-state index in [4.69, 9.17) is 16.7 Å². The van der Waals surface area contributed by atoms with Crippen LogP contribution in [0.3, 0.4) is 0 Å². The molecule has 0 saturated heterocycles. The average molecular weight is 381 g/mol. The first kappa shape index (κ1) is 19.0. The van der Waals surface area contributed by atoms with Gasteiger partial charge in [-0.3, -0.25) is 4.79 Å². The standard InChI is InChI=1S/C17H17ClN2O4S/c1-17(20-25(23)24,10-12-2-6-14(18)7-3-12)13-4-8-15(9-5-13)19-11-16(21)22/h2-9,19H,10-11H2,1H3,(H,21,22). The fraction of sp³-hybridized carbons (Fsp3) is 0.235. The maximum atomic E-state index is 11.2. The zero-order chi connectivity index (χ0) is 18.4. The molecule has 0 amide bonds. The van der Waals surface area contributed by atoms with E-state index >= 15 is 0 Å². The van der Waals surface area contributed by atoms with Crippen molar-refractivity contribution in [2.75, 3.05) is 11.9 Å². The molecule has 0 saturated carbocycles. The lowest BCUT2D eigenvalue weighted by Crippen LogP contribution is -2.22. The quantitative estimate of drug-likeness (QED) is 0.767. The van der Waals surface area contributed by atoms with Gasteiger partial charge < -0.3 is 10.4 Å². The molecular formula is C17H17ClN2O4S. The van der Waals surface area contributed by atoms with Crippen LogP contribution in [0.25, 0.3) is 0 Å². The minimum absolute atomic E-state index is 0.198. The Hall–Kier alpha value is -2.38. The van der Waals surface area contributed by atoms with Crippen molar-refractivity contribution in [3.63, 3.8) is 0 Å². The molecule has 6 nitrogen and oxygen atoms in total. The number of anilines is 1. The van der Waals surface area contributed by atoms with Crippen LogP contribution < -0.4 is 5.32 Å². The Morgan fingerprint density at radius 1 is 1.16 bits per heavy atom. The predicted octanol–water partition coefficient (Wildman–Crippen LogP) is 3.36. The van der Waals surface area contributed by atoms with Crippen LogP contribution in [0, 0.1) is 0 Å². The second-order valence-electron chi connectivity index (χ2n) is 5.71. The molecule has 0 spiro atoms. The van der Waals surface area contributed by atoms with E-state index in [9.17, 15) is 13.2 Å². The normalized spacial score (nSPS) is 12.9. The number of nitrogens with zero attached hydrogens (tertiary/aromatic N) is 1. The van der Waals surface area contributed by atoms with E-state index in [1.807, 2.05) is 12.1 Å². The number of rotatable bonds is 7. The van der Waals surface area contributed by atoms with Crippen molar-refractivity contribution in [1.82, 2.24) is 0 Å². The SMILES string of the molecule is CC(Cc1ccc(Cl)cc1)(N=S(=O)=O)c1ccc(NCC(=O)O)cc1. The summed E-state index contributed by atoms with van der Waals surface area (Å²) in [5, 5.41) is 12.0. The Labute approximate surface area is 152 Å². The molecule has 0 aliphatic heterocycles. The zero-order valence-corrected chi connectivity index (χ0v) is 15.0. The highest BCUT2D eigenvalue weighted by atomic mass is 35.5. The number of carboxylic acids is 1. The monoisotopic (exact) mass is 380 g/mol. The van der Waals surface area contributed by atoms with Crippen LogP contribution in [-0.2, 0) is 27.3 Å². The van der Waals surface area contributed by atoms with Crippen LogP contribution in [-0.4, -0.2) is 26.0 Å². The summed E-state index contributed by atoms with van der Waals surface area (Å²) in [6.45, 7) is 1.54. The van der Waals surface area contributed by atoms with Crippen molar-refractivity contribution in [1.29, 1.82) is 0 Å². The van der Waals surface area contributed by atoms with Gasteiger partial charge >= 0.3 is 16.5 Å². The largest absolute Gasteiger partial charge is 0.480 e. The van der Waals surface area contributed by atoms with Gasteiger partial charge in [-0.25, -0.2) is 0 Å². The Kier molecular flexibility index (Phi) is 6.17. The van der Waals surface area contributed by atoms with Gasteiger partial charge in [-0.15, -0.1) is 0 Å². The smallest absolute Gasteiger partial charge is 0.322 e. The van der Waals surface area contributed by atoms with Gasteiger partial charge in [0.15, 0.2) is 0 Å². The number of hydrogen-bond acceptors (Lipinski definition) is 5. The molecule has 2 N–H and O–H groups in total. The van der Waals surface area contributed by atoms with Gasteiger partial charge in [-0.2, -0.15) is 12.8 Å². The molecule has 0 aliphatic rings. The topological polar surface area (TPSA) is 95.8 Å². The van der Waals surface area contributed by atoms with Gasteiger partial charge in [0.25, 0.3) is 0 Å². The fourth-order valence-corrected chi connectivity index (χ4v) is 3.10. The second-order valence-corrected chi connectivity index (χ2v) is 6.76. The van der Waals surface area contributed by atoms with E-state index in [0.29, 0.717) is 22.7 Å². The number of hydrogen-bond donors (Lipinski definition) is 2. The summed E-state index contributed by atoms with van der Waals surface area (Å²) in [6, 6.07) is 14.0. The molecule has 1 unspecified atom stereocenters. The molecule has 0 bridgehead atoms. The highest BCUT2D eigenvalue weighted by Gasteiger charge is 2.27. The molecule has 0 aromatic heterocycles. The highest BCUT2D eigenvalue weighted by Crippen LogP contribution is 2.31.